The quantitative estimate of drug-likeness (QED) is 0.896. The molecule has 25 heavy (non-hydrogen) atoms. The van der Waals surface area contributed by atoms with Crippen LogP contribution < -0.4 is 16.0 Å². The Morgan fingerprint density at radius 3 is 2.48 bits per heavy atom. The minimum absolute atomic E-state index is 0.0397. The van der Waals surface area contributed by atoms with E-state index in [4.69, 9.17) is 5.73 Å². The maximum Gasteiger partial charge on any atom is 0.241 e. The third-order valence-electron chi connectivity index (χ3n) is 4.51. The van der Waals surface area contributed by atoms with E-state index in [0.717, 1.165) is 11.1 Å². The Labute approximate surface area is 145 Å². The van der Waals surface area contributed by atoms with E-state index in [1.165, 1.54) is 18.2 Å². The number of nitrogens with one attached hydrogen (secondary N) is 1. The predicted molar refractivity (Wildman–Crippen MR) is 93.2 cm³/mol. The molecule has 0 radical (unpaired) electrons. The molecule has 2 aromatic rings. The number of benzene rings is 2. The summed E-state index contributed by atoms with van der Waals surface area (Å²) in [5.41, 5.74) is 7.80. The normalized spacial score (nSPS) is 18.2. The summed E-state index contributed by atoms with van der Waals surface area (Å²) >= 11 is 0. The van der Waals surface area contributed by atoms with Crippen LogP contribution in [0.3, 0.4) is 0 Å². The number of hydrogen-bond donors (Lipinski definition) is 2. The average molecular weight is 345 g/mol. The van der Waals surface area contributed by atoms with Gasteiger partial charge in [0.2, 0.25) is 5.91 Å². The Balaban J connectivity index is 1.63. The SMILES string of the molecule is Cc1ccc(C(N)C(=O)NC2CCN(c3c(F)cccc3F)C2)cc1. The first-order valence-corrected chi connectivity index (χ1v) is 8.27. The third-order valence-corrected chi connectivity index (χ3v) is 4.51. The van der Waals surface area contributed by atoms with Gasteiger partial charge in [-0.15, -0.1) is 0 Å². The maximum absolute atomic E-state index is 13.9. The number of halogens is 2. The van der Waals surface area contributed by atoms with Gasteiger partial charge in [-0.05, 0) is 31.0 Å². The molecule has 1 amide bonds. The molecule has 2 unspecified atom stereocenters. The van der Waals surface area contributed by atoms with Crippen LogP contribution in [0.4, 0.5) is 14.5 Å². The van der Waals surface area contributed by atoms with Crippen LogP contribution in [0.1, 0.15) is 23.6 Å². The highest BCUT2D eigenvalue weighted by Gasteiger charge is 2.29. The molecule has 0 bridgehead atoms. The van der Waals surface area contributed by atoms with Crippen molar-refractivity contribution >= 4 is 11.6 Å². The lowest BCUT2D eigenvalue weighted by molar-refractivity contribution is -0.123. The lowest BCUT2D eigenvalue weighted by Gasteiger charge is -2.21. The molecular formula is C19H21F2N3O. The molecule has 0 aliphatic carbocycles. The number of para-hydroxylation sites is 1. The van der Waals surface area contributed by atoms with Crippen LogP contribution in [0, 0.1) is 18.6 Å². The Morgan fingerprint density at radius 2 is 1.84 bits per heavy atom. The van der Waals surface area contributed by atoms with Gasteiger partial charge in [-0.3, -0.25) is 4.79 Å². The molecule has 4 nitrogen and oxygen atoms in total. The van der Waals surface area contributed by atoms with Crippen LogP contribution in [0.2, 0.25) is 0 Å². The molecule has 1 saturated heterocycles. The van der Waals surface area contributed by atoms with Gasteiger partial charge in [0.05, 0.1) is 0 Å². The van der Waals surface area contributed by atoms with Crippen molar-refractivity contribution in [2.45, 2.75) is 25.4 Å². The van der Waals surface area contributed by atoms with Crippen molar-refractivity contribution < 1.29 is 13.6 Å². The van der Waals surface area contributed by atoms with Gasteiger partial charge in [0, 0.05) is 19.1 Å². The number of aryl methyl sites for hydroxylation is 1. The summed E-state index contributed by atoms with van der Waals surface area (Å²) in [5.74, 6) is -1.48. The molecule has 0 saturated carbocycles. The van der Waals surface area contributed by atoms with E-state index in [-0.39, 0.29) is 17.6 Å². The molecule has 1 heterocycles. The summed E-state index contributed by atoms with van der Waals surface area (Å²) in [6.07, 6.45) is 0.611. The standard InChI is InChI=1S/C19H21F2N3O/c1-12-5-7-13(8-6-12)17(22)19(25)23-14-9-10-24(11-14)18-15(20)3-2-4-16(18)21/h2-8,14,17H,9-11,22H2,1H3,(H,23,25). The first kappa shape index (κ1) is 17.4. The number of carbonyl (C=O) groups is 1. The van der Waals surface area contributed by atoms with Gasteiger partial charge in [-0.2, -0.15) is 0 Å². The zero-order valence-electron chi connectivity index (χ0n) is 14.0. The molecular weight excluding hydrogens is 324 g/mol. The fourth-order valence-electron chi connectivity index (χ4n) is 3.09. The van der Waals surface area contributed by atoms with Gasteiger partial charge < -0.3 is 16.0 Å². The minimum atomic E-state index is -0.764. The maximum atomic E-state index is 13.9. The lowest BCUT2D eigenvalue weighted by atomic mass is 10.0. The van der Waals surface area contributed by atoms with E-state index in [1.54, 1.807) is 4.90 Å². The molecule has 132 valence electrons. The topological polar surface area (TPSA) is 58.4 Å². The van der Waals surface area contributed by atoms with Gasteiger partial charge in [-0.1, -0.05) is 35.9 Å². The summed E-state index contributed by atoms with van der Waals surface area (Å²) in [7, 11) is 0. The Kier molecular flexibility index (Phi) is 4.99. The van der Waals surface area contributed by atoms with Gasteiger partial charge in [0.15, 0.2) is 0 Å². The van der Waals surface area contributed by atoms with E-state index in [0.29, 0.717) is 19.5 Å². The molecule has 3 N–H and O–H groups in total. The molecule has 1 fully saturated rings. The number of rotatable bonds is 4. The van der Waals surface area contributed by atoms with Gasteiger partial charge in [0.1, 0.15) is 23.4 Å². The fourth-order valence-corrected chi connectivity index (χ4v) is 3.09. The van der Waals surface area contributed by atoms with Crippen molar-refractivity contribution in [3.8, 4) is 0 Å². The van der Waals surface area contributed by atoms with Crippen molar-refractivity contribution in [3.05, 3.63) is 65.2 Å². The smallest absolute Gasteiger partial charge is 0.241 e. The van der Waals surface area contributed by atoms with Crippen LogP contribution >= 0.6 is 0 Å². The van der Waals surface area contributed by atoms with Crippen LogP contribution in [-0.4, -0.2) is 25.0 Å². The zero-order chi connectivity index (χ0) is 18.0. The molecule has 0 spiro atoms. The largest absolute Gasteiger partial charge is 0.365 e. The van der Waals surface area contributed by atoms with Crippen LogP contribution in [0.5, 0.6) is 0 Å². The minimum Gasteiger partial charge on any atom is -0.365 e. The molecule has 2 aromatic carbocycles. The lowest BCUT2D eigenvalue weighted by Crippen LogP contribution is -2.42. The average Bonchev–Trinajstić information content (AvgIpc) is 3.02. The van der Waals surface area contributed by atoms with Crippen molar-refractivity contribution in [2.24, 2.45) is 5.73 Å². The van der Waals surface area contributed by atoms with E-state index < -0.39 is 17.7 Å². The Morgan fingerprint density at radius 1 is 1.20 bits per heavy atom. The number of hydrogen-bond acceptors (Lipinski definition) is 3. The van der Waals surface area contributed by atoms with Crippen LogP contribution in [0.15, 0.2) is 42.5 Å². The first-order chi connectivity index (χ1) is 12.0. The molecule has 6 heteroatoms. The highest BCUT2D eigenvalue weighted by Crippen LogP contribution is 2.27. The molecule has 3 rings (SSSR count). The first-order valence-electron chi connectivity index (χ1n) is 8.27. The Hall–Kier alpha value is -2.47. The van der Waals surface area contributed by atoms with Crippen LogP contribution in [0.25, 0.3) is 0 Å². The highest BCUT2D eigenvalue weighted by molar-refractivity contribution is 5.83. The monoisotopic (exact) mass is 345 g/mol. The van der Waals surface area contributed by atoms with Crippen LogP contribution in [-0.2, 0) is 4.79 Å². The summed E-state index contributed by atoms with van der Waals surface area (Å²) in [6, 6.07) is 10.3. The number of nitrogens with two attached hydrogens (primary N) is 1. The zero-order valence-corrected chi connectivity index (χ0v) is 14.0. The van der Waals surface area contributed by atoms with E-state index >= 15 is 0 Å². The van der Waals surface area contributed by atoms with Gasteiger partial charge >= 0.3 is 0 Å². The van der Waals surface area contributed by atoms with Crippen molar-refractivity contribution in [1.82, 2.24) is 5.32 Å². The van der Waals surface area contributed by atoms with Crippen molar-refractivity contribution in [3.63, 3.8) is 0 Å². The fraction of sp³-hybridized carbons (Fsp3) is 0.316. The Bertz CT molecular complexity index is 744. The number of amides is 1. The van der Waals surface area contributed by atoms with Crippen molar-refractivity contribution in [1.29, 1.82) is 0 Å². The second kappa shape index (κ2) is 7.19. The second-order valence-electron chi connectivity index (χ2n) is 6.40. The molecule has 0 aromatic heterocycles. The number of carbonyl (C=O) groups excluding carboxylic acids is 1. The third kappa shape index (κ3) is 3.79. The van der Waals surface area contributed by atoms with Gasteiger partial charge in [0.25, 0.3) is 0 Å². The number of anilines is 1. The van der Waals surface area contributed by atoms with E-state index in [9.17, 15) is 13.6 Å². The summed E-state index contributed by atoms with van der Waals surface area (Å²) in [6.45, 7) is 2.79. The van der Waals surface area contributed by atoms with E-state index in [2.05, 4.69) is 5.32 Å². The molecule has 1 aliphatic rings. The van der Waals surface area contributed by atoms with Gasteiger partial charge in [-0.25, -0.2) is 8.78 Å². The molecule has 1 aliphatic heterocycles. The van der Waals surface area contributed by atoms with Crippen molar-refractivity contribution in [2.75, 3.05) is 18.0 Å². The second-order valence-corrected chi connectivity index (χ2v) is 6.40. The summed E-state index contributed by atoms with van der Waals surface area (Å²) < 4.78 is 27.8. The predicted octanol–water partition coefficient (Wildman–Crippen LogP) is 2.67. The number of nitrogens with zero attached hydrogens (tertiary/aromatic N) is 1. The van der Waals surface area contributed by atoms with E-state index in [1.807, 2.05) is 31.2 Å². The summed E-state index contributed by atoms with van der Waals surface area (Å²) in [4.78, 5) is 14.0. The highest BCUT2D eigenvalue weighted by atomic mass is 19.1. The molecule has 2 atom stereocenters. The summed E-state index contributed by atoms with van der Waals surface area (Å²) in [5, 5.41) is 2.88.